The van der Waals surface area contributed by atoms with Crippen molar-refractivity contribution in [1.82, 2.24) is 5.32 Å². The molecule has 2 aromatic carbocycles. The Bertz CT molecular complexity index is 850. The molecule has 1 aliphatic rings. The van der Waals surface area contributed by atoms with Crippen LogP contribution in [0.25, 0.3) is 11.1 Å². The Labute approximate surface area is 160 Å². The molecule has 0 spiro atoms. The molecule has 0 saturated carbocycles. The Morgan fingerprint density at radius 2 is 1.93 bits per heavy atom. The third-order valence-corrected chi connectivity index (χ3v) is 4.47. The number of nitrogens with one attached hydrogen (secondary N) is 1. The second-order valence-corrected chi connectivity index (χ2v) is 7.79. The highest BCUT2D eigenvalue weighted by Gasteiger charge is 2.27. The van der Waals surface area contributed by atoms with Gasteiger partial charge in [0.1, 0.15) is 11.7 Å². The summed E-state index contributed by atoms with van der Waals surface area (Å²) in [5, 5.41) is 12.5. The predicted molar refractivity (Wildman–Crippen MR) is 107 cm³/mol. The zero-order valence-corrected chi connectivity index (χ0v) is 16.0. The van der Waals surface area contributed by atoms with Gasteiger partial charge in [-0.2, -0.15) is 5.26 Å². The normalized spacial score (nSPS) is 16.7. The van der Waals surface area contributed by atoms with Crippen LogP contribution < -0.4 is 10.2 Å². The van der Waals surface area contributed by atoms with Gasteiger partial charge in [0.2, 0.25) is 0 Å². The number of carbonyl (C=O) groups excluding carboxylic acids is 1. The number of anilines is 1. The molecule has 140 valence electrons. The van der Waals surface area contributed by atoms with E-state index < -0.39 is 11.7 Å². The van der Waals surface area contributed by atoms with E-state index in [1.54, 1.807) is 0 Å². The fourth-order valence-electron chi connectivity index (χ4n) is 3.28. The van der Waals surface area contributed by atoms with Crippen LogP contribution in [0.5, 0.6) is 0 Å². The van der Waals surface area contributed by atoms with E-state index in [0.29, 0.717) is 12.1 Å². The van der Waals surface area contributed by atoms with Gasteiger partial charge in [0.25, 0.3) is 0 Å². The monoisotopic (exact) mass is 363 g/mol. The molecule has 1 saturated heterocycles. The van der Waals surface area contributed by atoms with Gasteiger partial charge in [0, 0.05) is 13.1 Å². The number of alkyl carbamates (subject to hydrolysis) is 1. The van der Waals surface area contributed by atoms with Crippen LogP contribution in [0.1, 0.15) is 32.8 Å². The first-order chi connectivity index (χ1) is 12.9. The lowest BCUT2D eigenvalue weighted by Crippen LogP contribution is -2.40. The Kier molecular flexibility index (Phi) is 5.36. The molecular weight excluding hydrogens is 338 g/mol. The molecule has 1 heterocycles. The standard InChI is InChI=1S/C22H25N3O2/c1-22(2,3)27-21(26)24-19-11-12-25(15-19)20-10-9-17(13-18(20)14-23)16-7-5-4-6-8-16/h4-10,13,19H,11-12,15H2,1-3H3,(H,24,26)/t19-/m0/s1. The molecule has 2 aromatic rings. The predicted octanol–water partition coefficient (Wildman–Crippen LogP) is 4.33. The van der Waals surface area contributed by atoms with Crippen LogP contribution >= 0.6 is 0 Å². The molecule has 1 fully saturated rings. The molecule has 1 aliphatic heterocycles. The van der Waals surface area contributed by atoms with Crippen molar-refractivity contribution in [3.63, 3.8) is 0 Å². The maximum absolute atomic E-state index is 12.0. The minimum absolute atomic E-state index is 0.0141. The first-order valence-electron chi connectivity index (χ1n) is 9.20. The number of hydrogen-bond acceptors (Lipinski definition) is 4. The van der Waals surface area contributed by atoms with Gasteiger partial charge in [-0.3, -0.25) is 0 Å². The minimum atomic E-state index is -0.510. The second kappa shape index (κ2) is 7.71. The Morgan fingerprint density at radius 1 is 1.19 bits per heavy atom. The average Bonchev–Trinajstić information content (AvgIpc) is 3.08. The fourth-order valence-corrected chi connectivity index (χ4v) is 3.28. The number of amides is 1. The molecule has 5 nitrogen and oxygen atoms in total. The summed E-state index contributed by atoms with van der Waals surface area (Å²) in [5.74, 6) is 0. The van der Waals surface area contributed by atoms with E-state index in [2.05, 4.69) is 16.3 Å². The zero-order chi connectivity index (χ0) is 19.4. The topological polar surface area (TPSA) is 65.4 Å². The first-order valence-corrected chi connectivity index (χ1v) is 9.20. The quantitative estimate of drug-likeness (QED) is 0.881. The highest BCUT2D eigenvalue weighted by molar-refractivity contribution is 5.72. The Balaban J connectivity index is 1.70. The van der Waals surface area contributed by atoms with E-state index in [-0.39, 0.29) is 6.04 Å². The van der Waals surface area contributed by atoms with Crippen molar-refractivity contribution in [2.45, 2.75) is 38.8 Å². The van der Waals surface area contributed by atoms with Crippen molar-refractivity contribution in [3.05, 3.63) is 54.1 Å². The molecule has 0 radical (unpaired) electrons. The van der Waals surface area contributed by atoms with Gasteiger partial charge in [0.15, 0.2) is 0 Å². The van der Waals surface area contributed by atoms with Crippen LogP contribution in [0.15, 0.2) is 48.5 Å². The zero-order valence-electron chi connectivity index (χ0n) is 16.0. The van der Waals surface area contributed by atoms with Gasteiger partial charge in [0.05, 0.1) is 17.3 Å². The van der Waals surface area contributed by atoms with Gasteiger partial charge < -0.3 is 15.0 Å². The van der Waals surface area contributed by atoms with E-state index in [1.807, 2.05) is 69.3 Å². The van der Waals surface area contributed by atoms with E-state index in [0.717, 1.165) is 29.8 Å². The van der Waals surface area contributed by atoms with Gasteiger partial charge in [-0.25, -0.2) is 4.79 Å². The van der Waals surface area contributed by atoms with Crippen LogP contribution in [-0.2, 0) is 4.74 Å². The molecule has 0 aromatic heterocycles. The van der Waals surface area contributed by atoms with Crippen molar-refractivity contribution < 1.29 is 9.53 Å². The number of ether oxygens (including phenoxy) is 1. The molecular formula is C22H25N3O2. The lowest BCUT2D eigenvalue weighted by atomic mass is 10.0. The highest BCUT2D eigenvalue weighted by atomic mass is 16.6. The second-order valence-electron chi connectivity index (χ2n) is 7.79. The minimum Gasteiger partial charge on any atom is -0.444 e. The van der Waals surface area contributed by atoms with Gasteiger partial charge >= 0.3 is 6.09 Å². The van der Waals surface area contributed by atoms with E-state index in [9.17, 15) is 10.1 Å². The fraction of sp³-hybridized carbons (Fsp3) is 0.364. The van der Waals surface area contributed by atoms with Gasteiger partial charge in [-0.15, -0.1) is 0 Å². The highest BCUT2D eigenvalue weighted by Crippen LogP contribution is 2.29. The van der Waals surface area contributed by atoms with Crippen LogP contribution in [0, 0.1) is 11.3 Å². The number of nitrogens with zero attached hydrogens (tertiary/aromatic N) is 2. The van der Waals surface area contributed by atoms with Crippen molar-refractivity contribution in [3.8, 4) is 17.2 Å². The van der Waals surface area contributed by atoms with Crippen molar-refractivity contribution in [2.75, 3.05) is 18.0 Å². The summed E-state index contributed by atoms with van der Waals surface area (Å²) in [5.41, 5.74) is 3.16. The number of benzene rings is 2. The summed E-state index contributed by atoms with van der Waals surface area (Å²) in [4.78, 5) is 14.1. The Hall–Kier alpha value is -3.00. The molecule has 1 amide bonds. The van der Waals surface area contributed by atoms with Gasteiger partial charge in [-0.05, 0) is 50.5 Å². The van der Waals surface area contributed by atoms with Crippen LogP contribution in [0.4, 0.5) is 10.5 Å². The summed E-state index contributed by atoms with van der Waals surface area (Å²) in [6, 6.07) is 18.3. The number of carbonyl (C=O) groups is 1. The molecule has 5 heteroatoms. The third-order valence-electron chi connectivity index (χ3n) is 4.47. The number of nitriles is 1. The summed E-state index contributed by atoms with van der Waals surface area (Å²) in [6.07, 6.45) is 0.430. The molecule has 1 N–H and O–H groups in total. The molecule has 27 heavy (non-hydrogen) atoms. The Morgan fingerprint density at radius 3 is 2.59 bits per heavy atom. The van der Waals surface area contributed by atoms with E-state index in [4.69, 9.17) is 4.74 Å². The number of rotatable bonds is 3. The molecule has 3 rings (SSSR count). The van der Waals surface area contributed by atoms with E-state index in [1.165, 1.54) is 0 Å². The third kappa shape index (κ3) is 4.79. The molecule has 0 bridgehead atoms. The SMILES string of the molecule is CC(C)(C)OC(=O)N[C@H]1CCN(c2ccc(-c3ccccc3)cc2C#N)C1. The summed E-state index contributed by atoms with van der Waals surface area (Å²) < 4.78 is 5.33. The van der Waals surface area contributed by atoms with Crippen LogP contribution in [-0.4, -0.2) is 30.8 Å². The average molecular weight is 363 g/mol. The van der Waals surface area contributed by atoms with Gasteiger partial charge in [-0.1, -0.05) is 36.4 Å². The maximum atomic E-state index is 12.0. The van der Waals surface area contributed by atoms with Crippen molar-refractivity contribution in [1.29, 1.82) is 5.26 Å². The lowest BCUT2D eigenvalue weighted by molar-refractivity contribution is 0.0509. The van der Waals surface area contributed by atoms with E-state index >= 15 is 0 Å². The summed E-state index contributed by atoms with van der Waals surface area (Å²) >= 11 is 0. The van der Waals surface area contributed by atoms with Crippen LogP contribution in [0.2, 0.25) is 0 Å². The van der Waals surface area contributed by atoms with Crippen molar-refractivity contribution in [2.24, 2.45) is 0 Å². The number of hydrogen-bond donors (Lipinski definition) is 1. The van der Waals surface area contributed by atoms with Crippen LogP contribution in [0.3, 0.4) is 0 Å². The molecule has 1 atom stereocenters. The lowest BCUT2D eigenvalue weighted by Gasteiger charge is -2.23. The molecule has 0 unspecified atom stereocenters. The summed E-state index contributed by atoms with van der Waals surface area (Å²) in [7, 11) is 0. The van der Waals surface area contributed by atoms with Crippen molar-refractivity contribution >= 4 is 11.8 Å². The maximum Gasteiger partial charge on any atom is 0.407 e. The smallest absolute Gasteiger partial charge is 0.407 e. The molecule has 0 aliphatic carbocycles. The largest absolute Gasteiger partial charge is 0.444 e. The first kappa shape index (κ1) is 18.8. The summed E-state index contributed by atoms with van der Waals surface area (Å²) in [6.45, 7) is 7.00.